The van der Waals surface area contributed by atoms with E-state index in [2.05, 4.69) is 129 Å². The molecule has 10 aromatic rings. The molecule has 2 unspecified atom stereocenters. The number of aryl methyl sites for hydroxylation is 1. The highest BCUT2D eigenvalue weighted by Crippen LogP contribution is 2.42. The summed E-state index contributed by atoms with van der Waals surface area (Å²) in [6.45, 7) is 1.02. The first-order valence-electron chi connectivity index (χ1n) is 35.2. The second-order valence-electron chi connectivity index (χ2n) is 25.4. The number of allylic oxidation sites excluding steroid dienone is 3. The lowest BCUT2D eigenvalue weighted by molar-refractivity contribution is -0.378. The second-order valence-corrected chi connectivity index (χ2v) is 25.4. The van der Waals surface area contributed by atoms with Crippen molar-refractivity contribution in [1.29, 1.82) is 0 Å². The molecule has 2 atom stereocenters. The topological polar surface area (TPSA) is 138 Å². The van der Waals surface area contributed by atoms with E-state index in [0.717, 1.165) is 118 Å². The van der Waals surface area contributed by atoms with Gasteiger partial charge in [0.05, 0.1) is 12.1 Å². The molecule has 0 saturated carbocycles. The number of fused-ring (bicyclic) bond motifs is 3. The van der Waals surface area contributed by atoms with E-state index in [9.17, 15) is 24.0 Å². The van der Waals surface area contributed by atoms with Gasteiger partial charge in [-0.1, -0.05) is 197 Å². The number of unbranched alkanes of at least 4 members (excludes halogenated alkanes) is 10. The molecule has 100 heavy (non-hydrogen) atoms. The Kier molecular flexibility index (Phi) is 31.4. The molecule has 2 amide bonds. The number of aromatic amines is 2. The Labute approximate surface area is 603 Å². The number of nitrogens with one attached hydrogen (secondary N) is 2. The Bertz CT molecular complexity index is 4050. The molecule has 6 heterocycles. The van der Waals surface area contributed by atoms with Crippen LogP contribution >= 0.6 is 0 Å². The number of benzene rings is 6. The number of amides is 2. The molecule has 0 saturated heterocycles. The summed E-state index contributed by atoms with van der Waals surface area (Å²) < 4.78 is 2.46. The fourth-order valence-electron chi connectivity index (χ4n) is 13.1. The number of carbonyl (C=O) groups excluding carboxylic acids is 5. The predicted octanol–water partition coefficient (Wildman–Crippen LogP) is 12.8. The van der Waals surface area contributed by atoms with Crippen LogP contribution in [0, 0.1) is 0 Å². The highest BCUT2D eigenvalue weighted by Gasteiger charge is 2.35. The molecule has 514 valence electrons. The monoisotopic (exact) mass is 1370 g/mol. The molecule has 0 bridgehead atoms. The van der Waals surface area contributed by atoms with Gasteiger partial charge in [0.1, 0.15) is 0 Å². The van der Waals surface area contributed by atoms with Gasteiger partial charge >= 0.3 is 0 Å². The molecule has 4 aromatic heterocycles. The smallest absolute Gasteiger partial charge is 0.227 e. The number of hydrogen-bond donors (Lipinski definition) is 0. The first-order chi connectivity index (χ1) is 48.3. The molecule has 0 spiro atoms. The van der Waals surface area contributed by atoms with Gasteiger partial charge < -0.3 is 39.2 Å². The minimum absolute atomic E-state index is 0. The Hall–Kier alpha value is -9.94. The van der Waals surface area contributed by atoms with Crippen LogP contribution in [0.1, 0.15) is 167 Å². The molecular weight excluding hydrogens is 1280 g/mol. The highest BCUT2D eigenvalue weighted by molar-refractivity contribution is 5.98. The largest absolute Gasteiger partial charge is 1.00 e. The summed E-state index contributed by atoms with van der Waals surface area (Å²) >= 11 is 0. The standard InChI is InChI=1S/2C29H30N2O2.C29H30N2O.2ClH/c2*32-26(19-18-23-11-10-20-30-22-23)15-6-1-2-7-17-29(33)31-27-16-9-8-14-25(27)21-28(31)24-12-4-3-5-13-24;32-27(19-18-24-12-11-20-30-23-24)16-7-2-1-3-10-21-31-28-17-9-8-15-26(28)22-29(31)25-13-5-4-6-14-25;;/h2*3-5,8-14,16,18-20,22,28H,1-2,6-7,15,17,21H2;4-6,8-9,11-15,17-20,22-23H,1-3,7,10,16,21H2;2*1H/b3*19-18+;;. The number of H-pyrrole nitrogens is 2. The molecule has 0 radical (unpaired) electrons. The van der Waals surface area contributed by atoms with E-state index in [0.29, 0.717) is 32.1 Å². The fourth-order valence-corrected chi connectivity index (χ4v) is 13.1. The number of halogens is 2. The molecule has 12 rings (SSSR count). The minimum Gasteiger partial charge on any atom is -1.00 e. The van der Waals surface area contributed by atoms with Crippen molar-refractivity contribution >= 4 is 69.7 Å². The zero-order valence-electron chi connectivity index (χ0n) is 57.1. The van der Waals surface area contributed by atoms with Crippen molar-refractivity contribution in [2.45, 2.75) is 147 Å². The molecule has 13 heteroatoms. The number of hydrogen-bond acceptors (Lipinski definition) is 6. The average molecular weight is 1370 g/mol. The average Bonchev–Trinajstić information content (AvgIpc) is 1.67. The maximum atomic E-state index is 13.2. The van der Waals surface area contributed by atoms with Crippen LogP contribution in [0.2, 0.25) is 0 Å². The second kappa shape index (κ2) is 41.5. The van der Waals surface area contributed by atoms with Crippen molar-refractivity contribution in [2.75, 3.05) is 9.80 Å². The lowest BCUT2D eigenvalue weighted by Gasteiger charge is -2.26. The predicted molar refractivity (Wildman–Crippen MR) is 396 cm³/mol. The fraction of sp³-hybridized carbons (Fsp3) is 0.264. The Balaban J connectivity index is 0.000000189. The van der Waals surface area contributed by atoms with Crippen molar-refractivity contribution in [3.8, 4) is 11.3 Å². The molecule has 11 nitrogen and oxygen atoms in total. The molecule has 2 N–H and O–H groups in total. The van der Waals surface area contributed by atoms with Crippen LogP contribution in [-0.2, 0) is 43.4 Å². The van der Waals surface area contributed by atoms with Crippen molar-refractivity contribution in [2.24, 2.45) is 0 Å². The summed E-state index contributed by atoms with van der Waals surface area (Å²) in [7, 11) is 0. The van der Waals surface area contributed by atoms with Gasteiger partial charge in [-0.2, -0.15) is 0 Å². The summed E-state index contributed by atoms with van der Waals surface area (Å²) in [5, 5.41) is 1.30. The van der Waals surface area contributed by atoms with Crippen molar-refractivity contribution in [3.05, 3.63) is 301 Å². The quantitative estimate of drug-likeness (QED) is 0.0313. The third-order valence-electron chi connectivity index (χ3n) is 18.2. The van der Waals surface area contributed by atoms with E-state index in [4.69, 9.17) is 0 Å². The third-order valence-corrected chi connectivity index (χ3v) is 18.2. The third kappa shape index (κ3) is 23.1. The van der Waals surface area contributed by atoms with Crippen LogP contribution in [0.4, 0.5) is 11.4 Å². The summed E-state index contributed by atoms with van der Waals surface area (Å²) in [6, 6.07) is 70.4. The van der Waals surface area contributed by atoms with E-state index in [-0.39, 0.29) is 66.1 Å². The Morgan fingerprint density at radius 3 is 1.29 bits per heavy atom. The van der Waals surface area contributed by atoms with Crippen molar-refractivity contribution in [1.82, 2.24) is 9.55 Å². The lowest BCUT2D eigenvalue weighted by atomic mass is 10.0. The summed E-state index contributed by atoms with van der Waals surface area (Å²) in [4.78, 5) is 76.7. The number of nitrogens with zero attached hydrogens (tertiary/aromatic N) is 4. The minimum atomic E-state index is 0. The van der Waals surface area contributed by atoms with E-state index in [1.807, 2.05) is 150 Å². The van der Waals surface area contributed by atoms with E-state index < -0.39 is 0 Å². The van der Waals surface area contributed by atoms with E-state index in [1.165, 1.54) is 57.3 Å². The van der Waals surface area contributed by atoms with E-state index >= 15 is 0 Å². The zero-order chi connectivity index (χ0) is 67.8. The van der Waals surface area contributed by atoms with Crippen LogP contribution in [0.5, 0.6) is 0 Å². The van der Waals surface area contributed by atoms with Gasteiger partial charge in [-0.3, -0.25) is 29.0 Å². The first-order valence-corrected chi connectivity index (χ1v) is 35.2. The molecule has 2 aliphatic rings. The van der Waals surface area contributed by atoms with Crippen molar-refractivity contribution in [3.63, 3.8) is 0 Å². The molecule has 0 aliphatic carbocycles. The normalized spacial score (nSPS) is 13.6. The SMILES string of the molecule is O=C(/C=C/c1ccc[nH+]c1)CCCCCCC(=O)N1c2ccccc2CC1c1ccccc1.O=C(/C=C/c1ccc[nH+]c1)CCCCCCCn1c(-c2ccccc2)cc2ccccc21.O=C(/C=C/c1cccnc1)CCCCCCC(=O)N1c2ccccc2CC1c1ccccc1.[Cl-].[Cl-]. The van der Waals surface area contributed by atoms with Gasteiger partial charge in [0.25, 0.3) is 0 Å². The molecule has 0 fully saturated rings. The van der Waals surface area contributed by atoms with Crippen molar-refractivity contribution < 1.29 is 58.8 Å². The van der Waals surface area contributed by atoms with Gasteiger partial charge in [-0.15, -0.1) is 0 Å². The van der Waals surface area contributed by atoms with Crippen LogP contribution < -0.4 is 44.6 Å². The van der Waals surface area contributed by atoms with Gasteiger partial charge in [0, 0.05) is 102 Å². The lowest BCUT2D eigenvalue weighted by Crippen LogP contribution is -3.00. The van der Waals surface area contributed by atoms with Crippen LogP contribution in [0.3, 0.4) is 0 Å². The van der Waals surface area contributed by atoms with Gasteiger partial charge in [0.15, 0.2) is 42.1 Å². The van der Waals surface area contributed by atoms with Gasteiger partial charge in [-0.25, -0.2) is 9.97 Å². The summed E-state index contributed by atoms with van der Waals surface area (Å²) in [6.07, 6.45) is 38.8. The summed E-state index contributed by atoms with van der Waals surface area (Å²) in [5.41, 5.74) is 13.7. The number of pyridine rings is 3. The molecule has 2 aliphatic heterocycles. The van der Waals surface area contributed by atoms with Crippen LogP contribution in [0.25, 0.3) is 40.4 Å². The molecular formula is C87H92Cl2N6O5. The van der Waals surface area contributed by atoms with Gasteiger partial charge in [0.2, 0.25) is 11.8 Å². The van der Waals surface area contributed by atoms with Crippen LogP contribution in [-0.4, -0.2) is 38.7 Å². The maximum Gasteiger partial charge on any atom is 0.227 e. The number of aromatic nitrogens is 4. The highest BCUT2D eigenvalue weighted by atomic mass is 35.5. The Morgan fingerprint density at radius 2 is 0.820 bits per heavy atom. The maximum absolute atomic E-state index is 13.2. The number of anilines is 2. The number of carbonyl (C=O) groups is 5. The number of rotatable bonds is 31. The molecule has 6 aromatic carbocycles. The first kappa shape index (κ1) is 75.8. The number of ketones is 3. The van der Waals surface area contributed by atoms with Gasteiger partial charge in [-0.05, 0) is 164 Å². The summed E-state index contributed by atoms with van der Waals surface area (Å²) in [5.74, 6) is 0.862. The number of para-hydroxylation sites is 3. The zero-order valence-corrected chi connectivity index (χ0v) is 58.7. The van der Waals surface area contributed by atoms with Crippen LogP contribution in [0.15, 0.2) is 262 Å². The van der Waals surface area contributed by atoms with E-state index in [1.54, 1.807) is 30.6 Å². The Morgan fingerprint density at radius 1 is 0.410 bits per heavy atom.